The minimum absolute atomic E-state index is 0.514. The van der Waals surface area contributed by atoms with E-state index in [1.165, 1.54) is 0 Å². The fourth-order valence-electron chi connectivity index (χ4n) is 2.01. The van der Waals surface area contributed by atoms with Crippen LogP contribution in [0.2, 0.25) is 0 Å². The minimum Gasteiger partial charge on any atom is -0.366 e. The Labute approximate surface area is 128 Å². The van der Waals surface area contributed by atoms with Crippen LogP contribution in [0.25, 0.3) is 0 Å². The van der Waals surface area contributed by atoms with Crippen molar-refractivity contribution in [3.63, 3.8) is 0 Å². The highest BCUT2D eigenvalue weighted by atomic mass is 15.2. The van der Waals surface area contributed by atoms with E-state index in [4.69, 9.17) is 0 Å². The molecule has 0 bridgehead atoms. The van der Waals surface area contributed by atoms with Crippen molar-refractivity contribution in [3.8, 4) is 0 Å². The minimum atomic E-state index is 0.514. The first kappa shape index (κ1) is 14.0. The van der Waals surface area contributed by atoms with E-state index in [9.17, 15) is 0 Å². The second-order valence-corrected chi connectivity index (χ2v) is 4.99. The lowest BCUT2D eigenvalue weighted by Gasteiger charge is -2.08. The Balaban J connectivity index is 1.72. The highest BCUT2D eigenvalue weighted by molar-refractivity contribution is 5.51. The average Bonchev–Trinajstić information content (AvgIpc) is 2.91. The van der Waals surface area contributed by atoms with Crippen molar-refractivity contribution >= 4 is 17.6 Å². The maximum atomic E-state index is 4.45. The summed E-state index contributed by atoms with van der Waals surface area (Å²) in [4.78, 5) is 12.9. The zero-order valence-electron chi connectivity index (χ0n) is 12.5. The SMILES string of the molecule is Cc1cc(NCc2cccnc2)nc(Nc2cc(C)[nH]n2)n1. The van der Waals surface area contributed by atoms with Crippen LogP contribution >= 0.6 is 0 Å². The molecule has 0 aliphatic carbocycles. The van der Waals surface area contributed by atoms with E-state index in [2.05, 4.69) is 35.8 Å². The topological polar surface area (TPSA) is 91.4 Å². The highest BCUT2D eigenvalue weighted by Gasteiger charge is 2.05. The molecular formula is C15H17N7. The van der Waals surface area contributed by atoms with Gasteiger partial charge in [0.15, 0.2) is 5.82 Å². The van der Waals surface area contributed by atoms with E-state index < -0.39 is 0 Å². The van der Waals surface area contributed by atoms with Crippen LogP contribution in [0.4, 0.5) is 17.6 Å². The Morgan fingerprint density at radius 3 is 2.77 bits per heavy atom. The summed E-state index contributed by atoms with van der Waals surface area (Å²) >= 11 is 0. The number of aromatic nitrogens is 5. The predicted molar refractivity (Wildman–Crippen MR) is 84.9 cm³/mol. The van der Waals surface area contributed by atoms with Crippen molar-refractivity contribution in [1.82, 2.24) is 25.1 Å². The number of nitrogens with zero attached hydrogens (tertiary/aromatic N) is 4. The largest absolute Gasteiger partial charge is 0.366 e. The standard InChI is InChI=1S/C15H17N7/c1-10-6-13(17-9-12-4-3-5-16-8-12)19-15(18-10)20-14-7-11(2)21-22-14/h3-8H,9H2,1-2H3,(H3,17,18,19,20,21,22). The molecule has 0 saturated heterocycles. The van der Waals surface area contributed by atoms with Crippen molar-refractivity contribution in [3.05, 3.63) is 53.6 Å². The van der Waals surface area contributed by atoms with Gasteiger partial charge in [-0.2, -0.15) is 10.1 Å². The zero-order valence-corrected chi connectivity index (χ0v) is 12.5. The average molecular weight is 295 g/mol. The maximum Gasteiger partial charge on any atom is 0.230 e. The van der Waals surface area contributed by atoms with Gasteiger partial charge in [0.05, 0.1) is 0 Å². The van der Waals surface area contributed by atoms with Crippen LogP contribution in [0.15, 0.2) is 36.7 Å². The molecule has 7 heteroatoms. The van der Waals surface area contributed by atoms with Crippen LogP contribution < -0.4 is 10.6 Å². The Morgan fingerprint density at radius 1 is 1.14 bits per heavy atom. The van der Waals surface area contributed by atoms with E-state index in [0.29, 0.717) is 18.3 Å². The van der Waals surface area contributed by atoms with Crippen LogP contribution in [-0.2, 0) is 6.54 Å². The quantitative estimate of drug-likeness (QED) is 0.670. The van der Waals surface area contributed by atoms with Gasteiger partial charge in [0.25, 0.3) is 0 Å². The van der Waals surface area contributed by atoms with E-state index in [1.54, 1.807) is 6.20 Å². The molecule has 3 rings (SSSR count). The molecule has 3 aromatic heterocycles. The van der Waals surface area contributed by atoms with Gasteiger partial charge in [-0.05, 0) is 25.5 Å². The Kier molecular flexibility index (Phi) is 3.95. The molecule has 3 aromatic rings. The van der Waals surface area contributed by atoms with Gasteiger partial charge in [-0.1, -0.05) is 6.07 Å². The van der Waals surface area contributed by atoms with Gasteiger partial charge in [0.1, 0.15) is 5.82 Å². The fourth-order valence-corrected chi connectivity index (χ4v) is 2.01. The van der Waals surface area contributed by atoms with Gasteiger partial charge in [0.2, 0.25) is 5.95 Å². The van der Waals surface area contributed by atoms with Gasteiger partial charge >= 0.3 is 0 Å². The lowest BCUT2D eigenvalue weighted by Crippen LogP contribution is -2.05. The summed E-state index contributed by atoms with van der Waals surface area (Å²) in [5.74, 6) is 1.97. The molecule has 0 unspecified atom stereocenters. The summed E-state index contributed by atoms with van der Waals surface area (Å²) < 4.78 is 0. The molecule has 0 aromatic carbocycles. The van der Waals surface area contributed by atoms with E-state index in [-0.39, 0.29) is 0 Å². The fraction of sp³-hybridized carbons (Fsp3) is 0.200. The molecule has 3 heterocycles. The summed E-state index contributed by atoms with van der Waals surface area (Å²) in [5, 5.41) is 13.4. The van der Waals surface area contributed by atoms with Crippen molar-refractivity contribution in [2.24, 2.45) is 0 Å². The third-order valence-electron chi connectivity index (χ3n) is 3.00. The number of aryl methyl sites for hydroxylation is 2. The van der Waals surface area contributed by atoms with Gasteiger partial charge in [-0.15, -0.1) is 0 Å². The smallest absolute Gasteiger partial charge is 0.230 e. The molecule has 0 spiro atoms. The number of H-pyrrole nitrogens is 1. The molecule has 0 atom stereocenters. The monoisotopic (exact) mass is 295 g/mol. The first-order valence-corrected chi connectivity index (χ1v) is 6.96. The van der Waals surface area contributed by atoms with Crippen molar-refractivity contribution in [2.45, 2.75) is 20.4 Å². The second kappa shape index (κ2) is 6.21. The predicted octanol–water partition coefficient (Wildman–Crippen LogP) is 2.57. The van der Waals surface area contributed by atoms with Crippen molar-refractivity contribution < 1.29 is 0 Å². The summed E-state index contributed by atoms with van der Waals surface area (Å²) in [6, 6.07) is 7.72. The number of nitrogens with one attached hydrogen (secondary N) is 3. The molecule has 7 nitrogen and oxygen atoms in total. The molecule has 0 saturated carbocycles. The zero-order chi connectivity index (χ0) is 15.4. The molecule has 0 fully saturated rings. The molecule has 0 radical (unpaired) electrons. The molecule has 112 valence electrons. The maximum absolute atomic E-state index is 4.45. The summed E-state index contributed by atoms with van der Waals surface area (Å²) in [6.07, 6.45) is 3.58. The number of anilines is 3. The Hall–Kier alpha value is -2.96. The summed E-state index contributed by atoms with van der Waals surface area (Å²) in [6.45, 7) is 4.53. The lowest BCUT2D eigenvalue weighted by molar-refractivity contribution is 1.03. The summed E-state index contributed by atoms with van der Waals surface area (Å²) in [5.41, 5.74) is 2.94. The molecule has 0 aliphatic rings. The highest BCUT2D eigenvalue weighted by Crippen LogP contribution is 2.15. The summed E-state index contributed by atoms with van der Waals surface area (Å²) in [7, 11) is 0. The van der Waals surface area contributed by atoms with Gasteiger partial charge in [-0.3, -0.25) is 10.1 Å². The van der Waals surface area contributed by atoms with E-state index >= 15 is 0 Å². The first-order valence-electron chi connectivity index (χ1n) is 6.96. The van der Waals surface area contributed by atoms with Crippen LogP contribution in [-0.4, -0.2) is 25.1 Å². The Morgan fingerprint density at radius 2 is 2.05 bits per heavy atom. The number of hydrogen-bond donors (Lipinski definition) is 3. The lowest BCUT2D eigenvalue weighted by atomic mass is 10.3. The van der Waals surface area contributed by atoms with Gasteiger partial charge in [-0.25, -0.2) is 4.98 Å². The number of hydrogen-bond acceptors (Lipinski definition) is 6. The molecule has 0 aliphatic heterocycles. The third-order valence-corrected chi connectivity index (χ3v) is 3.00. The van der Waals surface area contributed by atoms with E-state index in [1.807, 2.05) is 44.3 Å². The molecule has 3 N–H and O–H groups in total. The third kappa shape index (κ3) is 3.57. The van der Waals surface area contributed by atoms with Crippen molar-refractivity contribution in [2.75, 3.05) is 10.6 Å². The van der Waals surface area contributed by atoms with Crippen molar-refractivity contribution in [1.29, 1.82) is 0 Å². The Bertz CT molecular complexity index is 752. The number of aromatic amines is 1. The number of rotatable bonds is 5. The first-order chi connectivity index (χ1) is 10.7. The second-order valence-electron chi connectivity index (χ2n) is 4.99. The number of pyridine rings is 1. The van der Waals surface area contributed by atoms with E-state index in [0.717, 1.165) is 22.8 Å². The molecule has 0 amide bonds. The van der Waals surface area contributed by atoms with Gasteiger partial charge in [0, 0.05) is 42.5 Å². The van der Waals surface area contributed by atoms with Crippen LogP contribution in [0.5, 0.6) is 0 Å². The van der Waals surface area contributed by atoms with Gasteiger partial charge < -0.3 is 10.6 Å². The molecule has 22 heavy (non-hydrogen) atoms. The normalized spacial score (nSPS) is 10.5. The van der Waals surface area contributed by atoms with Crippen LogP contribution in [0.1, 0.15) is 17.0 Å². The van der Waals surface area contributed by atoms with Crippen LogP contribution in [0, 0.1) is 13.8 Å². The van der Waals surface area contributed by atoms with Crippen LogP contribution in [0.3, 0.4) is 0 Å². The molecular weight excluding hydrogens is 278 g/mol.